The van der Waals surface area contributed by atoms with E-state index in [2.05, 4.69) is 36.1 Å². The maximum atomic E-state index is 10.6. The van der Waals surface area contributed by atoms with Gasteiger partial charge in [-0.2, -0.15) is 0 Å². The molecule has 0 atom stereocenters. The van der Waals surface area contributed by atoms with Crippen LogP contribution in [0, 0.1) is 6.92 Å². The third kappa shape index (κ3) is 5.80. The zero-order valence-electron chi connectivity index (χ0n) is 11.1. The summed E-state index contributed by atoms with van der Waals surface area (Å²) in [6.07, 6.45) is 0.162. The molecule has 0 saturated carbocycles. The maximum Gasteiger partial charge on any atom is 0.304 e. The van der Waals surface area contributed by atoms with Gasteiger partial charge in [-0.05, 0) is 12.5 Å². The molecule has 1 aromatic rings. The summed E-state index contributed by atoms with van der Waals surface area (Å²) in [5.74, 6) is -0.763. The SMILES string of the molecule is COCCN(CCC(=O)O)Cc1ccc(C)cc1. The Morgan fingerprint density at radius 2 is 1.94 bits per heavy atom. The van der Waals surface area contributed by atoms with E-state index < -0.39 is 5.97 Å². The largest absolute Gasteiger partial charge is 0.481 e. The lowest BCUT2D eigenvalue weighted by atomic mass is 10.1. The molecule has 0 aliphatic heterocycles. The summed E-state index contributed by atoms with van der Waals surface area (Å²) in [4.78, 5) is 12.7. The van der Waals surface area contributed by atoms with E-state index in [0.29, 0.717) is 13.2 Å². The molecule has 1 N–H and O–H groups in total. The molecule has 0 aliphatic carbocycles. The Kier molecular flexibility index (Phi) is 6.39. The van der Waals surface area contributed by atoms with Gasteiger partial charge in [0.2, 0.25) is 0 Å². The first-order valence-electron chi connectivity index (χ1n) is 6.10. The highest BCUT2D eigenvalue weighted by Crippen LogP contribution is 2.07. The molecule has 0 spiro atoms. The van der Waals surface area contributed by atoms with Crippen LogP contribution in [0.3, 0.4) is 0 Å². The molecule has 0 radical (unpaired) electrons. The Morgan fingerprint density at radius 3 is 2.50 bits per heavy atom. The van der Waals surface area contributed by atoms with Crippen LogP contribution in [0.15, 0.2) is 24.3 Å². The first-order chi connectivity index (χ1) is 8.61. The fraction of sp³-hybridized carbons (Fsp3) is 0.500. The van der Waals surface area contributed by atoms with Crippen LogP contribution in [0.4, 0.5) is 0 Å². The summed E-state index contributed by atoms with van der Waals surface area (Å²) in [6, 6.07) is 8.30. The van der Waals surface area contributed by atoms with Gasteiger partial charge in [0.15, 0.2) is 0 Å². The minimum atomic E-state index is -0.763. The number of aliphatic carboxylic acids is 1. The molecular formula is C14H21NO3. The highest BCUT2D eigenvalue weighted by molar-refractivity contribution is 5.66. The van der Waals surface area contributed by atoms with E-state index >= 15 is 0 Å². The van der Waals surface area contributed by atoms with Crippen LogP contribution in [0.5, 0.6) is 0 Å². The Morgan fingerprint density at radius 1 is 1.28 bits per heavy atom. The molecule has 0 heterocycles. The number of methoxy groups -OCH3 is 1. The van der Waals surface area contributed by atoms with E-state index in [9.17, 15) is 4.79 Å². The molecule has 4 nitrogen and oxygen atoms in total. The minimum Gasteiger partial charge on any atom is -0.481 e. The second kappa shape index (κ2) is 7.84. The van der Waals surface area contributed by atoms with Gasteiger partial charge < -0.3 is 9.84 Å². The van der Waals surface area contributed by atoms with Crippen LogP contribution >= 0.6 is 0 Å². The Labute approximate surface area is 108 Å². The van der Waals surface area contributed by atoms with Crippen molar-refractivity contribution in [2.45, 2.75) is 19.9 Å². The number of hydrogen-bond acceptors (Lipinski definition) is 3. The average molecular weight is 251 g/mol. The summed E-state index contributed by atoms with van der Waals surface area (Å²) in [5, 5.41) is 8.73. The van der Waals surface area contributed by atoms with Crippen LogP contribution in [-0.2, 0) is 16.1 Å². The average Bonchev–Trinajstić information content (AvgIpc) is 2.35. The third-order valence-electron chi connectivity index (χ3n) is 2.78. The van der Waals surface area contributed by atoms with E-state index in [1.54, 1.807) is 7.11 Å². The van der Waals surface area contributed by atoms with Gasteiger partial charge in [-0.1, -0.05) is 29.8 Å². The highest BCUT2D eigenvalue weighted by Gasteiger charge is 2.08. The first-order valence-corrected chi connectivity index (χ1v) is 6.10. The fourth-order valence-electron chi connectivity index (χ4n) is 1.70. The molecule has 0 unspecified atom stereocenters. The number of carboxylic acid groups (broad SMARTS) is 1. The summed E-state index contributed by atoms with van der Waals surface area (Å²) < 4.78 is 5.05. The monoisotopic (exact) mass is 251 g/mol. The van der Waals surface area contributed by atoms with Crippen LogP contribution in [0.1, 0.15) is 17.5 Å². The molecule has 0 amide bonds. The van der Waals surface area contributed by atoms with Crippen molar-refractivity contribution >= 4 is 5.97 Å². The van der Waals surface area contributed by atoms with Gasteiger partial charge in [-0.3, -0.25) is 9.69 Å². The fourth-order valence-corrected chi connectivity index (χ4v) is 1.70. The maximum absolute atomic E-state index is 10.6. The molecule has 1 aromatic carbocycles. The van der Waals surface area contributed by atoms with Crippen molar-refractivity contribution in [3.63, 3.8) is 0 Å². The van der Waals surface area contributed by atoms with Crippen molar-refractivity contribution in [1.82, 2.24) is 4.90 Å². The lowest BCUT2D eigenvalue weighted by Gasteiger charge is -2.21. The summed E-state index contributed by atoms with van der Waals surface area (Å²) in [6.45, 7) is 4.73. The molecule has 0 fully saturated rings. The number of ether oxygens (including phenoxy) is 1. The number of aryl methyl sites for hydroxylation is 1. The van der Waals surface area contributed by atoms with Gasteiger partial charge in [0.05, 0.1) is 13.0 Å². The third-order valence-corrected chi connectivity index (χ3v) is 2.78. The molecule has 0 aromatic heterocycles. The van der Waals surface area contributed by atoms with Gasteiger partial charge in [-0.15, -0.1) is 0 Å². The molecule has 0 aliphatic rings. The van der Waals surface area contributed by atoms with Crippen molar-refractivity contribution < 1.29 is 14.6 Å². The number of carboxylic acids is 1. The van der Waals surface area contributed by atoms with Crippen molar-refractivity contribution in [2.75, 3.05) is 26.8 Å². The summed E-state index contributed by atoms with van der Waals surface area (Å²) in [5.41, 5.74) is 2.43. The van der Waals surface area contributed by atoms with Crippen molar-refractivity contribution in [1.29, 1.82) is 0 Å². The van der Waals surface area contributed by atoms with Crippen molar-refractivity contribution in [3.05, 3.63) is 35.4 Å². The number of benzene rings is 1. The number of rotatable bonds is 8. The second-order valence-corrected chi connectivity index (χ2v) is 4.40. The molecular weight excluding hydrogens is 230 g/mol. The molecule has 4 heteroatoms. The topological polar surface area (TPSA) is 49.8 Å². The van der Waals surface area contributed by atoms with E-state index in [1.807, 2.05) is 0 Å². The van der Waals surface area contributed by atoms with Crippen molar-refractivity contribution in [2.24, 2.45) is 0 Å². The second-order valence-electron chi connectivity index (χ2n) is 4.40. The molecule has 100 valence electrons. The van der Waals surface area contributed by atoms with Gasteiger partial charge in [0, 0.05) is 26.7 Å². The van der Waals surface area contributed by atoms with E-state index in [-0.39, 0.29) is 6.42 Å². The summed E-state index contributed by atoms with van der Waals surface area (Å²) >= 11 is 0. The van der Waals surface area contributed by atoms with Gasteiger partial charge >= 0.3 is 5.97 Å². The van der Waals surface area contributed by atoms with Crippen molar-refractivity contribution in [3.8, 4) is 0 Å². The molecule has 18 heavy (non-hydrogen) atoms. The normalized spacial score (nSPS) is 10.8. The lowest BCUT2D eigenvalue weighted by molar-refractivity contribution is -0.137. The smallest absolute Gasteiger partial charge is 0.304 e. The number of nitrogens with zero attached hydrogens (tertiary/aromatic N) is 1. The van der Waals surface area contributed by atoms with Crippen LogP contribution in [0.2, 0.25) is 0 Å². The van der Waals surface area contributed by atoms with Crippen LogP contribution in [0.25, 0.3) is 0 Å². The first kappa shape index (κ1) is 14.7. The van der Waals surface area contributed by atoms with Gasteiger partial charge in [-0.25, -0.2) is 0 Å². The predicted octanol–water partition coefficient (Wildman–Crippen LogP) is 1.92. The van der Waals surface area contributed by atoms with Crippen LogP contribution < -0.4 is 0 Å². The zero-order valence-corrected chi connectivity index (χ0v) is 11.1. The highest BCUT2D eigenvalue weighted by atomic mass is 16.5. The van der Waals surface area contributed by atoms with E-state index in [0.717, 1.165) is 13.1 Å². The Hall–Kier alpha value is -1.39. The zero-order chi connectivity index (χ0) is 13.4. The Bertz CT molecular complexity index is 362. The molecule has 1 rings (SSSR count). The van der Waals surface area contributed by atoms with Crippen LogP contribution in [-0.4, -0.2) is 42.8 Å². The molecule has 0 bridgehead atoms. The predicted molar refractivity (Wildman–Crippen MR) is 70.6 cm³/mol. The minimum absolute atomic E-state index is 0.162. The quantitative estimate of drug-likeness (QED) is 0.767. The standard InChI is InChI=1S/C14H21NO3/c1-12-3-5-13(6-4-12)11-15(9-10-18-2)8-7-14(16)17/h3-6H,7-11H2,1-2H3,(H,16,17). The van der Waals surface area contributed by atoms with Gasteiger partial charge in [0.1, 0.15) is 0 Å². The number of hydrogen-bond donors (Lipinski definition) is 1. The lowest BCUT2D eigenvalue weighted by Crippen LogP contribution is -2.29. The van der Waals surface area contributed by atoms with Gasteiger partial charge in [0.25, 0.3) is 0 Å². The number of carbonyl (C=O) groups is 1. The van der Waals surface area contributed by atoms with E-state index in [1.165, 1.54) is 11.1 Å². The Balaban J connectivity index is 2.53. The molecule has 0 saturated heterocycles. The summed E-state index contributed by atoms with van der Waals surface area (Å²) in [7, 11) is 1.65. The van der Waals surface area contributed by atoms with E-state index in [4.69, 9.17) is 9.84 Å².